The van der Waals surface area contributed by atoms with Gasteiger partial charge in [0.05, 0.1) is 31.0 Å². The molecule has 0 aliphatic carbocycles. The number of nitrogens with one attached hydrogen (secondary N) is 3. The maximum Gasteiger partial charge on any atom is 0.332 e. The molecule has 1 unspecified atom stereocenters. The molecule has 1 atom stereocenters. The number of esters is 1. The van der Waals surface area contributed by atoms with E-state index < -0.39 is 45.4 Å². The molecule has 600 valence electrons. The van der Waals surface area contributed by atoms with E-state index in [0.29, 0.717) is 58.3 Å². The summed E-state index contributed by atoms with van der Waals surface area (Å²) in [6, 6.07) is 59.9. The summed E-state index contributed by atoms with van der Waals surface area (Å²) in [4.78, 5) is 92.3. The van der Waals surface area contributed by atoms with Crippen molar-refractivity contribution in [3.05, 3.63) is 298 Å². The van der Waals surface area contributed by atoms with Crippen molar-refractivity contribution in [2.75, 3.05) is 47.0 Å². The first-order valence-electron chi connectivity index (χ1n) is 33.6. The number of carboxylic acids is 1. The summed E-state index contributed by atoms with van der Waals surface area (Å²) in [7, 11) is 4.35. The number of carbonyl (C=O) groups is 5. The number of methoxy groups -OCH3 is 1. The largest absolute Gasteiger partial charge is 0.480 e. The van der Waals surface area contributed by atoms with Crippen LogP contribution in [-0.2, 0) is 34.5 Å². The van der Waals surface area contributed by atoms with Crippen LogP contribution in [0, 0.1) is 3.57 Å². The number of nitrogens with zero attached hydrogens (tertiary/aromatic N) is 7. The Hall–Kier alpha value is -8.47. The van der Waals surface area contributed by atoms with Crippen LogP contribution in [-0.4, -0.2) is 115 Å². The lowest BCUT2D eigenvalue weighted by Crippen LogP contribution is -2.56. The summed E-state index contributed by atoms with van der Waals surface area (Å²) >= 11 is 46.1. The van der Waals surface area contributed by atoms with Crippen molar-refractivity contribution in [3.63, 3.8) is 0 Å². The molecule has 0 saturated carbocycles. The molecule has 0 spiro atoms. The number of amides is 3. The van der Waals surface area contributed by atoms with Crippen LogP contribution in [0.25, 0.3) is 0 Å². The number of ketones is 1. The standard InChI is InChI=1S/C22H19Cl2N3O2.C15H15ClN2O.C12H17ClN2O2.C10H12ClNO2.C7H4ClNO.C6H4ClI.C5H4BrN.C5H11NO2.ClH/c1-21(2)22(29,15-4-3-13-25-14-15)27(19-11-7-17(24)8-12-19)20(28)26(21)18-9-5-16(23)6-10-18;1-15(2,14(19)11-4-3-9-17-10-11)18-13-7-5-12(16)6-8-13;1-12(2,11(16)15(3)17-4)14-10-7-5-9(13)6-8-10;1-10(2,9(13)14)12-8-5-3-7(11)4-6-8;8-6-1-3-7(4-2-6)9-5-10;7-5-1-3-6(8)4-2-5;6-5-2-1-3-7-4-5;1-5(2,6)4(7)8-3;/h3-14,29H,1-2H3;3-10,18H,1-2H3;5-8,14H,1-4H3;3-6,12H,1-2H3,(H,13,14);1-4H;1-4H;1-4H;6H2,1-3H3;1H. The van der Waals surface area contributed by atoms with Gasteiger partial charge in [-0.1, -0.05) is 87.3 Å². The van der Waals surface area contributed by atoms with Crippen molar-refractivity contribution in [2.45, 2.75) is 103 Å². The van der Waals surface area contributed by atoms with Crippen molar-refractivity contribution >= 4 is 202 Å². The summed E-state index contributed by atoms with van der Waals surface area (Å²) in [6.45, 7) is 17.3. The van der Waals surface area contributed by atoms with Gasteiger partial charge < -0.3 is 36.6 Å². The molecule has 3 aromatic heterocycles. The molecule has 1 aliphatic heterocycles. The smallest absolute Gasteiger partial charge is 0.332 e. The molecule has 4 heterocycles. The molecule has 10 aromatic rings. The number of likely N-dealkylation sites (N-methyl/N-ethyl adjacent to an activating group) is 1. The summed E-state index contributed by atoms with van der Waals surface area (Å²) < 4.78 is 6.59. The number of rotatable bonds is 16. The van der Waals surface area contributed by atoms with Crippen LogP contribution < -0.4 is 31.5 Å². The van der Waals surface area contributed by atoms with Crippen LogP contribution in [0.5, 0.6) is 0 Å². The number of aliphatic imine (C=N–C) groups is 1. The van der Waals surface area contributed by atoms with Gasteiger partial charge in [-0.3, -0.25) is 44.0 Å². The highest BCUT2D eigenvalue weighted by atomic mass is 127. The third-order valence-electron chi connectivity index (χ3n) is 15.5. The molecule has 11 rings (SSSR count). The molecule has 21 nitrogen and oxygen atoms in total. The van der Waals surface area contributed by atoms with E-state index in [1.165, 1.54) is 33.8 Å². The van der Waals surface area contributed by atoms with Crippen LogP contribution in [0.1, 0.15) is 85.2 Å². The minimum absolute atomic E-state index is 0. The first kappa shape index (κ1) is 98.7. The first-order valence-corrected chi connectivity index (χ1v) is 38.1. The van der Waals surface area contributed by atoms with Gasteiger partial charge in [0.2, 0.25) is 6.08 Å². The fraction of sp³-hybridized carbons (Fsp3) is 0.232. The Balaban J connectivity index is 0.000000350. The lowest BCUT2D eigenvalue weighted by molar-refractivity contribution is -0.172. The molecule has 31 heteroatoms. The second-order valence-corrected chi connectivity index (χ2v) is 31.7. The summed E-state index contributed by atoms with van der Waals surface area (Å²) in [5, 5.41) is 35.9. The zero-order chi connectivity index (χ0) is 83.8. The van der Waals surface area contributed by atoms with Gasteiger partial charge >= 0.3 is 18.0 Å². The molecule has 3 amide bonds. The fourth-order valence-corrected chi connectivity index (χ4v) is 11.2. The number of halogens is 10. The van der Waals surface area contributed by atoms with Crippen LogP contribution >= 0.6 is 132 Å². The average molecular weight is 1880 g/mol. The monoisotopic (exact) mass is 1870 g/mol. The van der Waals surface area contributed by atoms with Gasteiger partial charge in [-0.25, -0.2) is 19.4 Å². The summed E-state index contributed by atoms with van der Waals surface area (Å²) in [6.07, 6.45) is 11.4. The van der Waals surface area contributed by atoms with Gasteiger partial charge in [-0.2, -0.15) is 4.99 Å². The summed E-state index contributed by atoms with van der Waals surface area (Å²) in [5.41, 5.74) is 4.53. The van der Waals surface area contributed by atoms with Gasteiger partial charge in [-0.15, -0.1) is 12.4 Å². The number of hydrogen-bond acceptors (Lipinski definition) is 17. The van der Waals surface area contributed by atoms with Crippen molar-refractivity contribution < 1.29 is 48.6 Å². The number of aromatic nitrogens is 3. The first-order chi connectivity index (χ1) is 52.5. The second kappa shape index (κ2) is 46.8. The van der Waals surface area contributed by atoms with Gasteiger partial charge in [0.15, 0.2) is 11.5 Å². The van der Waals surface area contributed by atoms with E-state index in [9.17, 15) is 33.9 Å². The van der Waals surface area contributed by atoms with Gasteiger partial charge in [0.25, 0.3) is 5.91 Å². The number of hydroxylamine groups is 2. The van der Waals surface area contributed by atoms with Gasteiger partial charge in [0, 0.05) is 127 Å². The Morgan fingerprint density at radius 2 is 0.912 bits per heavy atom. The number of hydrogen-bond donors (Lipinski definition) is 6. The van der Waals surface area contributed by atoms with Crippen molar-refractivity contribution in [2.24, 2.45) is 10.7 Å². The van der Waals surface area contributed by atoms with Gasteiger partial charge in [0.1, 0.15) is 16.6 Å². The zero-order valence-corrected chi connectivity index (χ0v) is 73.6. The van der Waals surface area contributed by atoms with Gasteiger partial charge in [-0.05, 0) is 308 Å². The number of carboxylic acid groups (broad SMARTS) is 1. The maximum absolute atomic E-state index is 13.7. The van der Waals surface area contributed by atoms with Crippen molar-refractivity contribution in [1.29, 1.82) is 0 Å². The topological polar surface area (TPSA) is 284 Å². The van der Waals surface area contributed by atoms with E-state index in [2.05, 4.69) is 79.2 Å². The van der Waals surface area contributed by atoms with E-state index in [0.717, 1.165) is 26.6 Å². The predicted octanol–water partition coefficient (Wildman–Crippen LogP) is 21.8. The number of pyridine rings is 3. The lowest BCUT2D eigenvalue weighted by atomic mass is 9.84. The van der Waals surface area contributed by atoms with Crippen molar-refractivity contribution in [1.82, 2.24) is 20.0 Å². The highest BCUT2D eigenvalue weighted by Crippen LogP contribution is 2.50. The number of Topliss-reactive ketones (excluding diaryl/α,β-unsaturated/α-hetero) is 1. The van der Waals surface area contributed by atoms with Crippen LogP contribution in [0.15, 0.2) is 253 Å². The van der Waals surface area contributed by atoms with E-state index in [1.54, 1.807) is 236 Å². The second-order valence-electron chi connectivity index (χ2n) is 26.5. The van der Waals surface area contributed by atoms with E-state index in [1.807, 2.05) is 88.4 Å². The zero-order valence-electron chi connectivity index (χ0n) is 63.8. The van der Waals surface area contributed by atoms with E-state index in [4.69, 9.17) is 96.9 Å². The van der Waals surface area contributed by atoms with Crippen LogP contribution in [0.2, 0.25) is 35.2 Å². The highest BCUT2D eigenvalue weighted by molar-refractivity contribution is 14.1. The highest BCUT2D eigenvalue weighted by Gasteiger charge is 2.64. The number of aliphatic carboxylic acids is 1. The SMILES string of the molecule is Brc1cccnc1.CC(C)(Nc1ccc(Cl)cc1)C(=O)O.CC(C)(Nc1ccc(Cl)cc1)C(=O)c1cccnc1.CC1(C)N(c2ccc(Cl)cc2)C(=O)N(c2ccc(Cl)cc2)C1(O)c1cccnc1.COC(=O)C(C)(C)N.CON(C)C(=O)C(C)(C)Nc1ccc(Cl)cc1.Cl.Clc1ccc(I)cc1.O=C=Nc1ccc(Cl)cc1. The Kier molecular flexibility index (Phi) is 40.9. The Labute approximate surface area is 722 Å². The quantitative estimate of drug-likeness (QED) is 0.0131. The predicted molar refractivity (Wildman–Crippen MR) is 472 cm³/mol. The van der Waals surface area contributed by atoms with Crippen molar-refractivity contribution in [3.8, 4) is 0 Å². The third-order valence-corrected chi connectivity index (χ3v) is 18.5. The molecule has 113 heavy (non-hydrogen) atoms. The maximum atomic E-state index is 13.7. The van der Waals surface area contributed by atoms with E-state index >= 15 is 0 Å². The molecule has 7 aromatic carbocycles. The number of anilines is 5. The molecular formula is C82H87BrCl8IN11O10. The minimum atomic E-state index is -1.69. The third kappa shape index (κ3) is 32.0. The number of aliphatic hydroxyl groups is 1. The number of isocyanates is 1. The number of benzene rings is 7. The van der Waals surface area contributed by atoms with Crippen LogP contribution in [0.4, 0.5) is 38.9 Å². The van der Waals surface area contributed by atoms with Crippen LogP contribution in [0.3, 0.4) is 0 Å². The molecule has 0 radical (unpaired) electrons. The minimum Gasteiger partial charge on any atom is -0.480 e. The normalized spacial score (nSPS) is 13.0. The Morgan fingerprint density at radius 3 is 1.23 bits per heavy atom. The molecule has 7 N–H and O–H groups in total. The lowest BCUT2D eigenvalue weighted by Gasteiger charge is -2.42. The Morgan fingerprint density at radius 1 is 0.549 bits per heavy atom. The number of urea groups is 1. The van der Waals surface area contributed by atoms with E-state index in [-0.39, 0.29) is 30.1 Å². The molecule has 0 bridgehead atoms. The summed E-state index contributed by atoms with van der Waals surface area (Å²) in [5.74, 6) is -1.45. The molecular weight excluding hydrogens is 1790 g/mol. The number of carbonyl (C=O) groups excluding carboxylic acids is 5. The number of ether oxygens (including phenoxy) is 1. The Bertz CT molecular complexity index is 4630. The molecule has 1 saturated heterocycles. The molecule has 1 aliphatic rings. The number of nitrogens with two attached hydrogens (primary N) is 1. The molecule has 1 fully saturated rings. The average Bonchev–Trinajstić information content (AvgIpc) is 1.54. The fourth-order valence-electron chi connectivity index (χ4n) is 9.65.